The molecular formula is C10H10F3NO2. The number of hydrogen-bond acceptors (Lipinski definition) is 2. The summed E-state index contributed by atoms with van der Waals surface area (Å²) >= 11 is 0. The van der Waals surface area contributed by atoms with Crippen LogP contribution < -0.4 is 5.73 Å². The predicted octanol–water partition coefficient (Wildman–Crippen LogP) is 1.83. The normalized spacial score (nSPS) is 13.5. The fraction of sp³-hybridized carbons (Fsp3) is 0.300. The van der Waals surface area contributed by atoms with Crippen molar-refractivity contribution < 1.29 is 23.1 Å². The molecule has 3 N–H and O–H groups in total. The van der Waals surface area contributed by atoms with Crippen molar-refractivity contribution in [3.8, 4) is 0 Å². The van der Waals surface area contributed by atoms with Gasteiger partial charge in [0.2, 0.25) is 0 Å². The fourth-order valence-electron chi connectivity index (χ4n) is 1.31. The minimum atomic E-state index is -4.48. The zero-order valence-electron chi connectivity index (χ0n) is 8.16. The summed E-state index contributed by atoms with van der Waals surface area (Å²) in [6.45, 7) is -0.239. The topological polar surface area (TPSA) is 63.3 Å². The molecule has 1 aromatic rings. The molecule has 6 heteroatoms. The van der Waals surface area contributed by atoms with Gasteiger partial charge in [0.15, 0.2) is 0 Å². The molecule has 88 valence electrons. The second kappa shape index (κ2) is 4.52. The molecule has 0 bridgehead atoms. The molecule has 0 aliphatic carbocycles. The molecule has 0 saturated heterocycles. The monoisotopic (exact) mass is 233 g/mol. The van der Waals surface area contributed by atoms with Gasteiger partial charge in [-0.05, 0) is 11.6 Å². The van der Waals surface area contributed by atoms with Crippen molar-refractivity contribution in [1.82, 2.24) is 0 Å². The first-order valence-electron chi connectivity index (χ1n) is 4.46. The van der Waals surface area contributed by atoms with Crippen molar-refractivity contribution >= 4 is 5.97 Å². The Kier molecular flexibility index (Phi) is 3.54. The SMILES string of the molecule is NCC(C(=O)O)c1cccc(C(F)(F)F)c1. The Balaban J connectivity index is 3.11. The van der Waals surface area contributed by atoms with Crippen LogP contribution in [-0.4, -0.2) is 17.6 Å². The van der Waals surface area contributed by atoms with Gasteiger partial charge in [0.05, 0.1) is 11.5 Å². The minimum absolute atomic E-state index is 0.0600. The van der Waals surface area contributed by atoms with Crippen molar-refractivity contribution in [3.63, 3.8) is 0 Å². The number of hydrogen-bond donors (Lipinski definition) is 2. The first-order chi connectivity index (χ1) is 7.36. The van der Waals surface area contributed by atoms with Gasteiger partial charge in [-0.25, -0.2) is 0 Å². The maximum Gasteiger partial charge on any atom is 0.416 e. The summed E-state index contributed by atoms with van der Waals surface area (Å²) < 4.78 is 37.1. The number of rotatable bonds is 3. The van der Waals surface area contributed by atoms with E-state index in [1.54, 1.807) is 0 Å². The molecule has 0 amide bonds. The summed E-state index contributed by atoms with van der Waals surface area (Å²) in [4.78, 5) is 10.7. The van der Waals surface area contributed by atoms with Gasteiger partial charge in [0, 0.05) is 6.54 Å². The van der Waals surface area contributed by atoms with Crippen LogP contribution >= 0.6 is 0 Å². The lowest BCUT2D eigenvalue weighted by Gasteiger charge is -2.12. The number of halogens is 3. The van der Waals surface area contributed by atoms with Gasteiger partial charge >= 0.3 is 12.1 Å². The summed E-state index contributed by atoms with van der Waals surface area (Å²) in [5.74, 6) is -2.34. The van der Waals surface area contributed by atoms with E-state index in [0.717, 1.165) is 12.1 Å². The van der Waals surface area contributed by atoms with Gasteiger partial charge < -0.3 is 10.8 Å². The van der Waals surface area contributed by atoms with Gasteiger partial charge in [-0.15, -0.1) is 0 Å². The molecule has 1 aromatic carbocycles. The number of carbonyl (C=O) groups is 1. The van der Waals surface area contributed by atoms with E-state index in [0.29, 0.717) is 0 Å². The zero-order valence-corrected chi connectivity index (χ0v) is 8.16. The Morgan fingerprint density at radius 2 is 2.06 bits per heavy atom. The average molecular weight is 233 g/mol. The van der Waals surface area contributed by atoms with E-state index < -0.39 is 23.6 Å². The average Bonchev–Trinajstić information content (AvgIpc) is 2.17. The molecule has 0 saturated carbocycles. The number of carboxylic acids is 1. The van der Waals surface area contributed by atoms with Crippen LogP contribution in [0.5, 0.6) is 0 Å². The van der Waals surface area contributed by atoms with Crippen LogP contribution in [0.2, 0.25) is 0 Å². The van der Waals surface area contributed by atoms with Crippen LogP contribution in [0, 0.1) is 0 Å². The lowest BCUT2D eigenvalue weighted by Crippen LogP contribution is -2.21. The maximum absolute atomic E-state index is 12.4. The molecule has 3 nitrogen and oxygen atoms in total. The largest absolute Gasteiger partial charge is 0.481 e. The van der Waals surface area contributed by atoms with E-state index in [1.165, 1.54) is 12.1 Å². The second-order valence-electron chi connectivity index (χ2n) is 3.25. The van der Waals surface area contributed by atoms with E-state index in [1.807, 2.05) is 0 Å². The summed E-state index contributed by atoms with van der Waals surface area (Å²) in [7, 11) is 0. The summed E-state index contributed by atoms with van der Waals surface area (Å²) in [6, 6.07) is 4.19. The van der Waals surface area contributed by atoms with Gasteiger partial charge in [-0.1, -0.05) is 18.2 Å². The first-order valence-corrected chi connectivity index (χ1v) is 4.46. The van der Waals surface area contributed by atoms with Crippen LogP contribution in [-0.2, 0) is 11.0 Å². The number of benzene rings is 1. The Hall–Kier alpha value is -1.56. The predicted molar refractivity (Wildman–Crippen MR) is 50.9 cm³/mol. The van der Waals surface area contributed by atoms with Crippen LogP contribution in [0.15, 0.2) is 24.3 Å². The van der Waals surface area contributed by atoms with E-state index >= 15 is 0 Å². The molecule has 1 rings (SSSR count). The van der Waals surface area contributed by atoms with Crippen molar-refractivity contribution in [1.29, 1.82) is 0 Å². The third kappa shape index (κ3) is 2.73. The molecule has 1 unspecified atom stereocenters. The van der Waals surface area contributed by atoms with Crippen molar-refractivity contribution in [2.75, 3.05) is 6.54 Å². The third-order valence-electron chi connectivity index (χ3n) is 2.15. The third-order valence-corrected chi connectivity index (χ3v) is 2.15. The quantitative estimate of drug-likeness (QED) is 0.837. The van der Waals surface area contributed by atoms with E-state index in [9.17, 15) is 18.0 Å². The number of alkyl halides is 3. The number of carboxylic acid groups (broad SMARTS) is 1. The summed E-state index contributed by atoms with van der Waals surface area (Å²) in [5.41, 5.74) is 4.39. The highest BCUT2D eigenvalue weighted by Crippen LogP contribution is 2.30. The Labute approximate surface area is 89.7 Å². The van der Waals surface area contributed by atoms with Gasteiger partial charge in [0.25, 0.3) is 0 Å². The molecule has 0 aliphatic heterocycles. The summed E-state index contributed by atoms with van der Waals surface area (Å²) in [6.07, 6.45) is -4.48. The van der Waals surface area contributed by atoms with Crippen LogP contribution in [0.4, 0.5) is 13.2 Å². The van der Waals surface area contributed by atoms with Crippen LogP contribution in [0.3, 0.4) is 0 Å². The van der Waals surface area contributed by atoms with E-state index in [2.05, 4.69) is 0 Å². The summed E-state index contributed by atoms with van der Waals surface area (Å²) in [5, 5.41) is 8.76. The lowest BCUT2D eigenvalue weighted by atomic mass is 9.97. The standard InChI is InChI=1S/C10H10F3NO2/c11-10(12,13)7-3-1-2-6(4-7)8(5-14)9(15)16/h1-4,8H,5,14H2,(H,15,16). The van der Waals surface area contributed by atoms with Crippen LogP contribution in [0.25, 0.3) is 0 Å². The number of aliphatic carboxylic acids is 1. The molecule has 0 radical (unpaired) electrons. The highest BCUT2D eigenvalue weighted by atomic mass is 19.4. The zero-order chi connectivity index (χ0) is 12.3. The first kappa shape index (κ1) is 12.5. The Bertz CT molecular complexity index is 390. The van der Waals surface area contributed by atoms with Gasteiger partial charge in [0.1, 0.15) is 0 Å². The van der Waals surface area contributed by atoms with Crippen molar-refractivity contribution in [2.24, 2.45) is 5.73 Å². The molecule has 0 aromatic heterocycles. The van der Waals surface area contributed by atoms with Crippen molar-refractivity contribution in [3.05, 3.63) is 35.4 Å². The highest BCUT2D eigenvalue weighted by molar-refractivity contribution is 5.76. The molecule has 0 spiro atoms. The molecule has 0 fully saturated rings. The molecule has 0 heterocycles. The van der Waals surface area contributed by atoms with Crippen LogP contribution in [0.1, 0.15) is 17.0 Å². The molecule has 1 atom stereocenters. The minimum Gasteiger partial charge on any atom is -0.481 e. The second-order valence-corrected chi connectivity index (χ2v) is 3.25. The van der Waals surface area contributed by atoms with E-state index in [4.69, 9.17) is 10.8 Å². The Morgan fingerprint density at radius 3 is 2.50 bits per heavy atom. The number of nitrogens with two attached hydrogens (primary N) is 1. The maximum atomic E-state index is 12.4. The van der Waals surface area contributed by atoms with E-state index in [-0.39, 0.29) is 12.1 Å². The molecule has 16 heavy (non-hydrogen) atoms. The fourth-order valence-corrected chi connectivity index (χ4v) is 1.31. The van der Waals surface area contributed by atoms with Gasteiger partial charge in [-0.3, -0.25) is 4.79 Å². The molecule has 0 aliphatic rings. The lowest BCUT2D eigenvalue weighted by molar-refractivity contribution is -0.140. The Morgan fingerprint density at radius 1 is 1.44 bits per heavy atom. The highest BCUT2D eigenvalue weighted by Gasteiger charge is 2.31. The van der Waals surface area contributed by atoms with Crippen molar-refractivity contribution in [2.45, 2.75) is 12.1 Å². The molecular weight excluding hydrogens is 223 g/mol. The van der Waals surface area contributed by atoms with Gasteiger partial charge in [-0.2, -0.15) is 13.2 Å². The smallest absolute Gasteiger partial charge is 0.416 e.